The maximum absolute atomic E-state index is 9.12. The van der Waals surface area contributed by atoms with Gasteiger partial charge >= 0.3 is 0 Å². The molecular formula is C17H26N6O. The standard InChI is InChI=1S/C17H26N6O/c1-24-11-8-20-17-21-15-3-7-19-6-2-14(15)16(22-17)23-9-4-13(12-18)5-10-23/h13,19H,2-11H2,1H3,(H,20,21,22). The van der Waals surface area contributed by atoms with Crippen LogP contribution in [0.1, 0.15) is 24.1 Å². The lowest BCUT2D eigenvalue weighted by molar-refractivity contribution is 0.210. The zero-order valence-electron chi connectivity index (χ0n) is 14.3. The summed E-state index contributed by atoms with van der Waals surface area (Å²) < 4.78 is 5.10. The minimum atomic E-state index is 0.183. The first-order chi connectivity index (χ1) is 11.8. The summed E-state index contributed by atoms with van der Waals surface area (Å²) >= 11 is 0. The number of hydrogen-bond donors (Lipinski definition) is 2. The minimum absolute atomic E-state index is 0.183. The Balaban J connectivity index is 1.84. The number of piperidine rings is 1. The van der Waals surface area contributed by atoms with Gasteiger partial charge in [-0.05, 0) is 25.8 Å². The molecule has 1 aromatic rings. The van der Waals surface area contributed by atoms with Crippen molar-refractivity contribution in [3.8, 4) is 6.07 Å². The quantitative estimate of drug-likeness (QED) is 0.778. The second-order valence-electron chi connectivity index (χ2n) is 6.36. The fourth-order valence-corrected chi connectivity index (χ4v) is 3.35. The van der Waals surface area contributed by atoms with Crippen LogP contribution in [0.5, 0.6) is 0 Å². The van der Waals surface area contributed by atoms with Crippen LogP contribution in [-0.2, 0) is 17.6 Å². The van der Waals surface area contributed by atoms with E-state index in [1.54, 1.807) is 7.11 Å². The molecule has 1 aromatic heterocycles. The van der Waals surface area contributed by atoms with E-state index in [-0.39, 0.29) is 5.92 Å². The average molecular weight is 330 g/mol. The second-order valence-corrected chi connectivity index (χ2v) is 6.36. The third-order valence-corrected chi connectivity index (χ3v) is 4.73. The molecule has 3 heterocycles. The summed E-state index contributed by atoms with van der Waals surface area (Å²) in [7, 11) is 1.69. The molecule has 0 bridgehead atoms. The second kappa shape index (κ2) is 8.27. The summed E-state index contributed by atoms with van der Waals surface area (Å²) in [5.41, 5.74) is 2.42. The van der Waals surface area contributed by atoms with Gasteiger partial charge < -0.3 is 20.3 Å². The van der Waals surface area contributed by atoms with Gasteiger partial charge in [-0.3, -0.25) is 0 Å². The Hall–Kier alpha value is -1.91. The lowest BCUT2D eigenvalue weighted by atomic mass is 9.98. The van der Waals surface area contributed by atoms with E-state index in [9.17, 15) is 0 Å². The van der Waals surface area contributed by atoms with Crippen LogP contribution in [0.25, 0.3) is 0 Å². The van der Waals surface area contributed by atoms with E-state index < -0.39 is 0 Å². The van der Waals surface area contributed by atoms with Crippen molar-refractivity contribution >= 4 is 11.8 Å². The van der Waals surface area contributed by atoms with Gasteiger partial charge in [0.05, 0.1) is 18.4 Å². The Bertz CT molecular complexity index is 591. The topological polar surface area (TPSA) is 86.1 Å². The summed E-state index contributed by atoms with van der Waals surface area (Å²) in [6.07, 6.45) is 3.72. The van der Waals surface area contributed by atoms with Crippen LogP contribution in [0.15, 0.2) is 0 Å². The number of rotatable bonds is 5. The molecule has 1 fully saturated rings. The third-order valence-electron chi connectivity index (χ3n) is 4.73. The Morgan fingerprint density at radius 1 is 1.29 bits per heavy atom. The Kier molecular flexibility index (Phi) is 5.83. The van der Waals surface area contributed by atoms with E-state index in [1.165, 1.54) is 5.56 Å². The number of fused-ring (bicyclic) bond motifs is 1. The van der Waals surface area contributed by atoms with E-state index in [0.29, 0.717) is 19.1 Å². The van der Waals surface area contributed by atoms with Crippen LogP contribution < -0.4 is 15.5 Å². The Morgan fingerprint density at radius 2 is 2.08 bits per heavy atom. The maximum Gasteiger partial charge on any atom is 0.224 e. The van der Waals surface area contributed by atoms with E-state index in [1.807, 2.05) is 0 Å². The molecule has 2 N–H and O–H groups in total. The molecule has 7 nitrogen and oxygen atoms in total. The lowest BCUT2D eigenvalue weighted by Crippen LogP contribution is -2.35. The molecule has 0 spiro atoms. The largest absolute Gasteiger partial charge is 0.383 e. The van der Waals surface area contributed by atoms with E-state index in [4.69, 9.17) is 20.0 Å². The molecular weight excluding hydrogens is 304 g/mol. The van der Waals surface area contributed by atoms with Crippen molar-refractivity contribution in [2.24, 2.45) is 5.92 Å². The van der Waals surface area contributed by atoms with Crippen LogP contribution in [0.4, 0.5) is 11.8 Å². The minimum Gasteiger partial charge on any atom is -0.383 e. The molecule has 7 heteroatoms. The Labute approximate surface area is 143 Å². The third kappa shape index (κ3) is 3.94. The van der Waals surface area contributed by atoms with Gasteiger partial charge in [0.1, 0.15) is 5.82 Å². The summed E-state index contributed by atoms with van der Waals surface area (Å²) in [5.74, 6) is 1.92. The summed E-state index contributed by atoms with van der Waals surface area (Å²) in [6, 6.07) is 2.40. The molecule has 0 amide bonds. The summed E-state index contributed by atoms with van der Waals surface area (Å²) in [4.78, 5) is 11.9. The van der Waals surface area contributed by atoms with E-state index in [0.717, 1.165) is 63.4 Å². The predicted molar refractivity (Wildman–Crippen MR) is 93.2 cm³/mol. The fraction of sp³-hybridized carbons (Fsp3) is 0.706. The van der Waals surface area contributed by atoms with Gasteiger partial charge in [-0.25, -0.2) is 4.98 Å². The van der Waals surface area contributed by atoms with Crippen LogP contribution in [0, 0.1) is 17.2 Å². The lowest BCUT2D eigenvalue weighted by Gasteiger charge is -2.32. The molecule has 1 saturated heterocycles. The first-order valence-corrected chi connectivity index (χ1v) is 8.79. The molecule has 130 valence electrons. The normalized spacial score (nSPS) is 18.6. The van der Waals surface area contributed by atoms with Crippen molar-refractivity contribution in [2.75, 3.05) is 56.7 Å². The number of hydrogen-bond acceptors (Lipinski definition) is 7. The first-order valence-electron chi connectivity index (χ1n) is 8.79. The van der Waals surface area contributed by atoms with Gasteiger partial charge in [-0.2, -0.15) is 10.2 Å². The molecule has 24 heavy (non-hydrogen) atoms. The smallest absolute Gasteiger partial charge is 0.224 e. The highest BCUT2D eigenvalue weighted by Crippen LogP contribution is 2.28. The number of nitrogens with zero attached hydrogens (tertiary/aromatic N) is 4. The number of aromatic nitrogens is 2. The fourth-order valence-electron chi connectivity index (χ4n) is 3.35. The predicted octanol–water partition coefficient (Wildman–Crippen LogP) is 0.963. The van der Waals surface area contributed by atoms with Gasteiger partial charge in [0.15, 0.2) is 0 Å². The summed E-state index contributed by atoms with van der Waals surface area (Å²) in [6.45, 7) is 5.04. The van der Waals surface area contributed by atoms with Crippen LogP contribution >= 0.6 is 0 Å². The van der Waals surface area contributed by atoms with Crippen LogP contribution in [-0.4, -0.2) is 56.4 Å². The van der Waals surface area contributed by atoms with E-state index in [2.05, 4.69) is 21.6 Å². The van der Waals surface area contributed by atoms with Crippen molar-refractivity contribution in [3.63, 3.8) is 0 Å². The highest BCUT2D eigenvalue weighted by Gasteiger charge is 2.25. The number of nitrogens with one attached hydrogen (secondary N) is 2. The molecule has 3 rings (SSSR count). The zero-order chi connectivity index (χ0) is 16.8. The van der Waals surface area contributed by atoms with Gasteiger partial charge in [-0.1, -0.05) is 0 Å². The zero-order valence-corrected chi connectivity index (χ0v) is 14.3. The molecule has 0 aromatic carbocycles. The maximum atomic E-state index is 9.12. The molecule has 0 unspecified atom stereocenters. The van der Waals surface area contributed by atoms with Crippen molar-refractivity contribution < 1.29 is 4.74 Å². The van der Waals surface area contributed by atoms with Crippen molar-refractivity contribution in [2.45, 2.75) is 25.7 Å². The average Bonchev–Trinajstić information content (AvgIpc) is 2.87. The van der Waals surface area contributed by atoms with Crippen molar-refractivity contribution in [1.29, 1.82) is 5.26 Å². The highest BCUT2D eigenvalue weighted by atomic mass is 16.5. The molecule has 0 radical (unpaired) electrons. The van der Waals surface area contributed by atoms with Gasteiger partial charge in [-0.15, -0.1) is 0 Å². The van der Waals surface area contributed by atoms with Crippen molar-refractivity contribution in [1.82, 2.24) is 15.3 Å². The number of ether oxygens (including phenoxy) is 1. The Morgan fingerprint density at radius 3 is 2.83 bits per heavy atom. The number of methoxy groups -OCH3 is 1. The first kappa shape index (κ1) is 16.9. The molecule has 0 saturated carbocycles. The van der Waals surface area contributed by atoms with E-state index >= 15 is 0 Å². The molecule has 0 atom stereocenters. The molecule has 2 aliphatic rings. The van der Waals surface area contributed by atoms with Gasteiger partial charge in [0.25, 0.3) is 0 Å². The monoisotopic (exact) mass is 330 g/mol. The van der Waals surface area contributed by atoms with Crippen LogP contribution in [0.2, 0.25) is 0 Å². The highest BCUT2D eigenvalue weighted by molar-refractivity contribution is 5.54. The summed E-state index contributed by atoms with van der Waals surface area (Å²) in [5, 5.41) is 15.8. The SMILES string of the molecule is COCCNc1nc2c(c(N3CCC(C#N)CC3)n1)CCNCC2. The number of nitriles is 1. The number of anilines is 2. The molecule has 0 aliphatic carbocycles. The van der Waals surface area contributed by atoms with Crippen molar-refractivity contribution in [3.05, 3.63) is 11.3 Å². The molecule has 2 aliphatic heterocycles. The van der Waals surface area contributed by atoms with Gasteiger partial charge in [0, 0.05) is 51.2 Å². The van der Waals surface area contributed by atoms with Crippen LogP contribution in [0.3, 0.4) is 0 Å². The van der Waals surface area contributed by atoms with Gasteiger partial charge in [0.2, 0.25) is 5.95 Å².